The Balaban J connectivity index is 1.41. The van der Waals surface area contributed by atoms with Gasteiger partial charge in [0.25, 0.3) is 0 Å². The van der Waals surface area contributed by atoms with Gasteiger partial charge < -0.3 is 10.1 Å². The SMILES string of the molecule is O=C(NC[C@@H](c1cccs1)N1CCCC1)C1c2ccccc2Oc2ccccc21. The maximum atomic E-state index is 13.4. The van der Waals surface area contributed by atoms with E-state index in [0.29, 0.717) is 6.54 Å². The van der Waals surface area contributed by atoms with Crippen LogP contribution >= 0.6 is 11.3 Å². The minimum absolute atomic E-state index is 0.0361. The van der Waals surface area contributed by atoms with Crippen molar-refractivity contribution in [2.24, 2.45) is 0 Å². The van der Waals surface area contributed by atoms with E-state index in [1.54, 1.807) is 11.3 Å². The van der Waals surface area contributed by atoms with Crippen molar-refractivity contribution in [2.75, 3.05) is 19.6 Å². The first-order valence-corrected chi connectivity index (χ1v) is 11.1. The van der Waals surface area contributed by atoms with Gasteiger partial charge in [-0.25, -0.2) is 0 Å². The van der Waals surface area contributed by atoms with Crippen LogP contribution in [0, 0.1) is 0 Å². The molecule has 29 heavy (non-hydrogen) atoms. The predicted octanol–water partition coefficient (Wildman–Crippen LogP) is 4.94. The van der Waals surface area contributed by atoms with E-state index in [9.17, 15) is 4.79 Å². The van der Waals surface area contributed by atoms with E-state index in [2.05, 4.69) is 27.7 Å². The van der Waals surface area contributed by atoms with Crippen LogP contribution < -0.4 is 10.1 Å². The van der Waals surface area contributed by atoms with Crippen molar-refractivity contribution < 1.29 is 9.53 Å². The monoisotopic (exact) mass is 404 g/mol. The van der Waals surface area contributed by atoms with Crippen molar-refractivity contribution >= 4 is 17.2 Å². The molecule has 1 amide bonds. The van der Waals surface area contributed by atoms with Crippen molar-refractivity contribution in [1.29, 1.82) is 0 Å². The van der Waals surface area contributed by atoms with E-state index in [4.69, 9.17) is 4.74 Å². The summed E-state index contributed by atoms with van der Waals surface area (Å²) >= 11 is 1.77. The first kappa shape index (κ1) is 18.4. The molecule has 1 atom stereocenters. The van der Waals surface area contributed by atoms with Gasteiger partial charge in [0.1, 0.15) is 11.5 Å². The van der Waals surface area contributed by atoms with Crippen molar-refractivity contribution in [2.45, 2.75) is 24.8 Å². The van der Waals surface area contributed by atoms with Crippen LogP contribution in [0.5, 0.6) is 11.5 Å². The maximum Gasteiger partial charge on any atom is 0.232 e. The number of carbonyl (C=O) groups excluding carboxylic acids is 1. The highest BCUT2D eigenvalue weighted by molar-refractivity contribution is 7.10. The molecule has 0 radical (unpaired) electrons. The minimum Gasteiger partial charge on any atom is -0.457 e. The van der Waals surface area contributed by atoms with Gasteiger partial charge in [0.2, 0.25) is 5.91 Å². The van der Waals surface area contributed by atoms with E-state index in [1.165, 1.54) is 17.7 Å². The number of likely N-dealkylation sites (tertiary alicyclic amines) is 1. The van der Waals surface area contributed by atoms with Crippen molar-refractivity contribution in [3.63, 3.8) is 0 Å². The highest BCUT2D eigenvalue weighted by Gasteiger charge is 2.33. The molecule has 5 heteroatoms. The Labute approximate surface area is 175 Å². The molecular formula is C24H24N2O2S. The standard InChI is InChI=1S/C24H24N2O2S/c27-24(25-16-19(22-12-7-15-29-22)26-13-5-6-14-26)23-17-8-1-3-10-20(17)28-21-11-4-2-9-18(21)23/h1-4,7-12,15,19,23H,5-6,13-14,16H2,(H,25,27)/t19-/m0/s1. The lowest BCUT2D eigenvalue weighted by molar-refractivity contribution is -0.122. The van der Waals surface area contributed by atoms with Crippen LogP contribution in [0.4, 0.5) is 0 Å². The topological polar surface area (TPSA) is 41.6 Å². The molecule has 0 saturated carbocycles. The van der Waals surface area contributed by atoms with Gasteiger partial charge in [-0.15, -0.1) is 11.3 Å². The predicted molar refractivity (Wildman–Crippen MR) is 116 cm³/mol. The van der Waals surface area contributed by atoms with Gasteiger partial charge in [-0.2, -0.15) is 0 Å². The number of fused-ring (bicyclic) bond motifs is 2. The van der Waals surface area contributed by atoms with E-state index >= 15 is 0 Å². The molecule has 4 nitrogen and oxygen atoms in total. The quantitative estimate of drug-likeness (QED) is 0.655. The Morgan fingerprint density at radius 3 is 2.28 bits per heavy atom. The summed E-state index contributed by atoms with van der Waals surface area (Å²) in [6.45, 7) is 2.82. The van der Waals surface area contributed by atoms with Gasteiger partial charge in [0.05, 0.1) is 12.0 Å². The van der Waals surface area contributed by atoms with E-state index in [-0.39, 0.29) is 17.9 Å². The zero-order valence-electron chi connectivity index (χ0n) is 16.2. The number of para-hydroxylation sites is 2. The van der Waals surface area contributed by atoms with Crippen molar-refractivity contribution in [3.8, 4) is 11.5 Å². The molecule has 1 N–H and O–H groups in total. The molecule has 1 fully saturated rings. The molecule has 5 rings (SSSR count). The molecule has 0 spiro atoms. The Hall–Kier alpha value is -2.63. The molecule has 0 unspecified atom stereocenters. The number of amides is 1. The van der Waals surface area contributed by atoms with E-state index in [1.807, 2.05) is 48.5 Å². The highest BCUT2D eigenvalue weighted by Crippen LogP contribution is 2.44. The third-order valence-electron chi connectivity index (χ3n) is 5.86. The number of nitrogens with one attached hydrogen (secondary N) is 1. The second-order valence-corrected chi connectivity index (χ2v) is 8.61. The number of thiophene rings is 1. The first-order chi connectivity index (χ1) is 14.3. The molecular weight excluding hydrogens is 380 g/mol. The third-order valence-corrected chi connectivity index (χ3v) is 6.84. The number of carbonyl (C=O) groups is 1. The number of ether oxygens (including phenoxy) is 1. The second kappa shape index (κ2) is 8.01. The largest absolute Gasteiger partial charge is 0.457 e. The van der Waals surface area contributed by atoms with Gasteiger partial charge in [-0.1, -0.05) is 42.5 Å². The normalized spacial score (nSPS) is 17.2. The lowest BCUT2D eigenvalue weighted by Crippen LogP contribution is -2.39. The van der Waals surface area contributed by atoms with Crippen molar-refractivity contribution in [3.05, 3.63) is 82.0 Å². The van der Waals surface area contributed by atoms with Crippen molar-refractivity contribution in [1.82, 2.24) is 10.2 Å². The lowest BCUT2D eigenvalue weighted by Gasteiger charge is -2.30. The zero-order chi connectivity index (χ0) is 19.6. The molecule has 1 saturated heterocycles. The van der Waals surface area contributed by atoms with Crippen LogP contribution in [-0.4, -0.2) is 30.4 Å². The summed E-state index contributed by atoms with van der Waals surface area (Å²) in [5.74, 6) is 1.22. The van der Waals surface area contributed by atoms with Crippen LogP contribution in [0.25, 0.3) is 0 Å². The summed E-state index contributed by atoms with van der Waals surface area (Å²) in [6, 6.07) is 20.2. The van der Waals surface area contributed by atoms with Crippen LogP contribution in [0.2, 0.25) is 0 Å². The average Bonchev–Trinajstić information content (AvgIpc) is 3.47. The smallest absolute Gasteiger partial charge is 0.232 e. The summed E-state index contributed by atoms with van der Waals surface area (Å²) in [5.41, 5.74) is 1.86. The number of nitrogens with zero attached hydrogens (tertiary/aromatic N) is 1. The fourth-order valence-electron chi connectivity index (χ4n) is 4.44. The Bertz CT molecular complexity index is 950. The van der Waals surface area contributed by atoms with Gasteiger partial charge in [-0.05, 0) is 49.5 Å². The van der Waals surface area contributed by atoms with Crippen LogP contribution in [0.1, 0.15) is 40.8 Å². The van der Waals surface area contributed by atoms with E-state index in [0.717, 1.165) is 35.7 Å². The lowest BCUT2D eigenvalue weighted by atomic mass is 9.87. The molecule has 2 aromatic carbocycles. The molecule has 3 heterocycles. The summed E-state index contributed by atoms with van der Waals surface area (Å²) < 4.78 is 6.04. The highest BCUT2D eigenvalue weighted by atomic mass is 32.1. The zero-order valence-corrected chi connectivity index (χ0v) is 17.0. The summed E-state index contributed by atoms with van der Waals surface area (Å²) in [5, 5.41) is 5.39. The fraction of sp³-hybridized carbons (Fsp3) is 0.292. The van der Waals surface area contributed by atoms with Gasteiger partial charge >= 0.3 is 0 Å². The Kier molecular flexibility index (Phi) is 5.08. The molecule has 3 aromatic rings. The van der Waals surface area contributed by atoms with Crippen LogP contribution in [0.15, 0.2) is 66.0 Å². The first-order valence-electron chi connectivity index (χ1n) is 10.2. The number of hydrogen-bond donors (Lipinski definition) is 1. The summed E-state index contributed by atoms with van der Waals surface area (Å²) in [4.78, 5) is 17.2. The molecule has 148 valence electrons. The third kappa shape index (κ3) is 3.56. The number of benzene rings is 2. The van der Waals surface area contributed by atoms with Crippen LogP contribution in [-0.2, 0) is 4.79 Å². The molecule has 2 aliphatic heterocycles. The number of rotatable bonds is 5. The fourth-order valence-corrected chi connectivity index (χ4v) is 5.30. The summed E-state index contributed by atoms with van der Waals surface area (Å²) in [7, 11) is 0. The summed E-state index contributed by atoms with van der Waals surface area (Å²) in [6.07, 6.45) is 2.47. The molecule has 0 aliphatic carbocycles. The Morgan fingerprint density at radius 1 is 1.00 bits per heavy atom. The number of hydrogen-bond acceptors (Lipinski definition) is 4. The molecule has 2 aliphatic rings. The van der Waals surface area contributed by atoms with Crippen LogP contribution in [0.3, 0.4) is 0 Å². The van der Waals surface area contributed by atoms with Gasteiger partial charge in [-0.3, -0.25) is 9.69 Å². The maximum absolute atomic E-state index is 13.4. The van der Waals surface area contributed by atoms with Gasteiger partial charge in [0, 0.05) is 22.5 Å². The van der Waals surface area contributed by atoms with E-state index < -0.39 is 0 Å². The van der Waals surface area contributed by atoms with Gasteiger partial charge in [0.15, 0.2) is 0 Å². The Morgan fingerprint density at radius 2 is 1.66 bits per heavy atom. The molecule has 1 aromatic heterocycles. The second-order valence-electron chi connectivity index (χ2n) is 7.63. The average molecular weight is 405 g/mol. The molecule has 0 bridgehead atoms. The minimum atomic E-state index is -0.348.